The second kappa shape index (κ2) is 6.21. The SMILES string of the molecule is CC(=O)C(CCCl)Cc1ccc(Cl)c(F)c1. The zero-order valence-corrected chi connectivity index (χ0v) is 10.5. The van der Waals surface area contributed by atoms with Gasteiger partial charge in [-0.25, -0.2) is 4.39 Å². The predicted molar refractivity (Wildman–Crippen MR) is 64.6 cm³/mol. The second-order valence-corrected chi connectivity index (χ2v) is 4.52. The number of hydrogen-bond acceptors (Lipinski definition) is 1. The van der Waals surface area contributed by atoms with Crippen LogP contribution >= 0.6 is 23.2 Å². The number of alkyl halides is 1. The van der Waals surface area contributed by atoms with E-state index in [4.69, 9.17) is 23.2 Å². The minimum atomic E-state index is -0.452. The summed E-state index contributed by atoms with van der Waals surface area (Å²) >= 11 is 11.2. The van der Waals surface area contributed by atoms with Crippen molar-refractivity contribution in [3.8, 4) is 0 Å². The fourth-order valence-corrected chi connectivity index (χ4v) is 1.91. The van der Waals surface area contributed by atoms with Crippen molar-refractivity contribution in [2.75, 3.05) is 5.88 Å². The maximum Gasteiger partial charge on any atom is 0.142 e. The molecule has 0 spiro atoms. The van der Waals surface area contributed by atoms with E-state index in [1.807, 2.05) is 0 Å². The third-order valence-corrected chi connectivity index (χ3v) is 3.02. The van der Waals surface area contributed by atoms with E-state index in [1.54, 1.807) is 6.07 Å². The fraction of sp³-hybridized carbons (Fsp3) is 0.417. The third-order valence-electron chi connectivity index (χ3n) is 2.50. The Bertz CT molecular complexity index is 379. The Labute approximate surface area is 105 Å². The van der Waals surface area contributed by atoms with E-state index >= 15 is 0 Å². The molecule has 0 bridgehead atoms. The molecule has 0 aliphatic carbocycles. The van der Waals surface area contributed by atoms with Crippen LogP contribution in [-0.2, 0) is 11.2 Å². The fourth-order valence-electron chi connectivity index (χ4n) is 1.53. The van der Waals surface area contributed by atoms with Crippen LogP contribution in [-0.4, -0.2) is 11.7 Å². The van der Waals surface area contributed by atoms with E-state index in [-0.39, 0.29) is 16.7 Å². The Morgan fingerprint density at radius 1 is 1.50 bits per heavy atom. The number of carbonyl (C=O) groups is 1. The van der Waals surface area contributed by atoms with Gasteiger partial charge in [0.05, 0.1) is 5.02 Å². The van der Waals surface area contributed by atoms with E-state index in [1.165, 1.54) is 19.1 Å². The molecule has 0 aromatic heterocycles. The molecule has 1 atom stereocenters. The van der Waals surface area contributed by atoms with Gasteiger partial charge in [-0.3, -0.25) is 4.79 Å². The molecule has 1 nitrogen and oxygen atoms in total. The normalized spacial score (nSPS) is 12.5. The van der Waals surface area contributed by atoms with Gasteiger partial charge in [0.1, 0.15) is 11.6 Å². The molecule has 1 aromatic carbocycles. The van der Waals surface area contributed by atoms with Crippen molar-refractivity contribution in [2.24, 2.45) is 5.92 Å². The average Bonchev–Trinajstić information content (AvgIpc) is 2.22. The molecule has 0 fully saturated rings. The Kier molecular flexibility index (Phi) is 5.23. The summed E-state index contributed by atoms with van der Waals surface area (Å²) in [5.41, 5.74) is 0.771. The molecule has 1 unspecified atom stereocenters. The minimum absolute atomic E-state index is 0.0796. The lowest BCUT2D eigenvalue weighted by atomic mass is 9.93. The Balaban J connectivity index is 2.77. The smallest absolute Gasteiger partial charge is 0.142 e. The zero-order chi connectivity index (χ0) is 12.1. The summed E-state index contributed by atoms with van der Waals surface area (Å²) < 4.78 is 13.2. The molecule has 0 amide bonds. The van der Waals surface area contributed by atoms with Gasteiger partial charge in [-0.1, -0.05) is 17.7 Å². The maximum absolute atomic E-state index is 13.2. The van der Waals surface area contributed by atoms with Crippen molar-refractivity contribution in [3.63, 3.8) is 0 Å². The van der Waals surface area contributed by atoms with Crippen LogP contribution < -0.4 is 0 Å². The van der Waals surface area contributed by atoms with Gasteiger partial charge in [0.15, 0.2) is 0 Å². The van der Waals surface area contributed by atoms with Crippen LogP contribution in [0.15, 0.2) is 18.2 Å². The highest BCUT2D eigenvalue weighted by molar-refractivity contribution is 6.30. The van der Waals surface area contributed by atoms with Gasteiger partial charge in [-0.2, -0.15) is 0 Å². The van der Waals surface area contributed by atoms with Crippen LogP contribution in [0.2, 0.25) is 5.02 Å². The number of halogens is 3. The number of Topliss-reactive ketones (excluding diaryl/α,β-unsaturated/α-hetero) is 1. The van der Waals surface area contributed by atoms with Crippen LogP contribution in [0.25, 0.3) is 0 Å². The Morgan fingerprint density at radius 3 is 2.69 bits per heavy atom. The Hall–Kier alpha value is -0.600. The monoisotopic (exact) mass is 262 g/mol. The standard InChI is InChI=1S/C12H13Cl2FO/c1-8(16)10(4-5-13)6-9-2-3-11(14)12(15)7-9/h2-3,7,10H,4-6H2,1H3. The summed E-state index contributed by atoms with van der Waals surface area (Å²) in [5.74, 6) is -0.0817. The minimum Gasteiger partial charge on any atom is -0.300 e. The summed E-state index contributed by atoms with van der Waals surface area (Å²) in [4.78, 5) is 11.3. The summed E-state index contributed by atoms with van der Waals surface area (Å²) in [6.07, 6.45) is 1.12. The molecule has 88 valence electrons. The van der Waals surface area contributed by atoms with Gasteiger partial charge < -0.3 is 0 Å². The molecular formula is C12H13Cl2FO. The van der Waals surface area contributed by atoms with Crippen molar-refractivity contribution < 1.29 is 9.18 Å². The van der Waals surface area contributed by atoms with Crippen molar-refractivity contribution in [2.45, 2.75) is 19.8 Å². The van der Waals surface area contributed by atoms with E-state index in [9.17, 15) is 9.18 Å². The molecule has 0 aliphatic heterocycles. The highest BCUT2D eigenvalue weighted by atomic mass is 35.5. The van der Waals surface area contributed by atoms with Crippen LogP contribution in [0, 0.1) is 11.7 Å². The van der Waals surface area contributed by atoms with E-state index in [2.05, 4.69) is 0 Å². The van der Waals surface area contributed by atoms with Gasteiger partial charge in [-0.05, 0) is 37.5 Å². The summed E-state index contributed by atoms with van der Waals surface area (Å²) in [7, 11) is 0. The van der Waals surface area contributed by atoms with Gasteiger partial charge in [0, 0.05) is 11.8 Å². The molecule has 0 saturated carbocycles. The van der Waals surface area contributed by atoms with Crippen LogP contribution in [0.1, 0.15) is 18.9 Å². The second-order valence-electron chi connectivity index (χ2n) is 3.74. The first-order chi connectivity index (χ1) is 7.54. The first kappa shape index (κ1) is 13.5. The number of benzene rings is 1. The van der Waals surface area contributed by atoms with Crippen molar-refractivity contribution >= 4 is 29.0 Å². The largest absolute Gasteiger partial charge is 0.300 e. The summed E-state index contributed by atoms with van der Waals surface area (Å²) in [6.45, 7) is 1.53. The molecule has 1 rings (SSSR count). The molecule has 0 N–H and O–H groups in total. The van der Waals surface area contributed by atoms with E-state index < -0.39 is 5.82 Å². The van der Waals surface area contributed by atoms with Crippen LogP contribution in [0.3, 0.4) is 0 Å². The molecule has 1 aromatic rings. The first-order valence-corrected chi connectivity index (χ1v) is 5.96. The lowest BCUT2D eigenvalue weighted by Gasteiger charge is -2.12. The van der Waals surface area contributed by atoms with Crippen molar-refractivity contribution in [1.29, 1.82) is 0 Å². The molecule has 0 saturated heterocycles. The zero-order valence-electron chi connectivity index (χ0n) is 8.97. The number of hydrogen-bond donors (Lipinski definition) is 0. The lowest BCUT2D eigenvalue weighted by Crippen LogP contribution is -2.14. The van der Waals surface area contributed by atoms with Gasteiger partial charge >= 0.3 is 0 Å². The highest BCUT2D eigenvalue weighted by Crippen LogP contribution is 2.19. The van der Waals surface area contributed by atoms with E-state index in [0.29, 0.717) is 18.7 Å². The molecular weight excluding hydrogens is 250 g/mol. The molecule has 0 aliphatic rings. The number of rotatable bonds is 5. The van der Waals surface area contributed by atoms with Crippen LogP contribution in [0.5, 0.6) is 0 Å². The summed E-state index contributed by atoms with van der Waals surface area (Å²) in [6, 6.07) is 4.60. The van der Waals surface area contributed by atoms with Crippen LogP contribution in [0.4, 0.5) is 4.39 Å². The first-order valence-electron chi connectivity index (χ1n) is 5.05. The topological polar surface area (TPSA) is 17.1 Å². The quantitative estimate of drug-likeness (QED) is 0.737. The van der Waals surface area contributed by atoms with Gasteiger partial charge in [0.2, 0.25) is 0 Å². The van der Waals surface area contributed by atoms with Gasteiger partial charge in [-0.15, -0.1) is 11.6 Å². The van der Waals surface area contributed by atoms with Crippen molar-refractivity contribution in [1.82, 2.24) is 0 Å². The number of carbonyl (C=O) groups excluding carboxylic acids is 1. The average molecular weight is 263 g/mol. The molecule has 0 radical (unpaired) electrons. The van der Waals surface area contributed by atoms with E-state index in [0.717, 1.165) is 5.56 Å². The van der Waals surface area contributed by atoms with Gasteiger partial charge in [0.25, 0.3) is 0 Å². The molecule has 0 heterocycles. The highest BCUT2D eigenvalue weighted by Gasteiger charge is 2.14. The predicted octanol–water partition coefficient (Wildman–Crippen LogP) is 3.86. The molecule has 16 heavy (non-hydrogen) atoms. The lowest BCUT2D eigenvalue weighted by molar-refractivity contribution is -0.120. The molecule has 4 heteroatoms. The maximum atomic E-state index is 13.2. The Morgan fingerprint density at radius 2 is 2.19 bits per heavy atom. The third kappa shape index (κ3) is 3.76. The van der Waals surface area contributed by atoms with Crippen molar-refractivity contribution in [3.05, 3.63) is 34.6 Å². The summed E-state index contributed by atoms with van der Waals surface area (Å²) in [5, 5.41) is 0.0977. The number of ketones is 1.